The average molecular weight is 328 g/mol. The van der Waals surface area contributed by atoms with Gasteiger partial charge in [-0.15, -0.1) is 11.3 Å². The van der Waals surface area contributed by atoms with E-state index in [1.807, 2.05) is 9.80 Å². The van der Waals surface area contributed by atoms with Crippen LogP contribution in [0.15, 0.2) is 35.4 Å². The molecule has 0 aromatic carbocycles. The van der Waals surface area contributed by atoms with Gasteiger partial charge in [0.25, 0.3) is 11.8 Å². The van der Waals surface area contributed by atoms with E-state index in [0.717, 1.165) is 13.0 Å². The van der Waals surface area contributed by atoms with E-state index < -0.39 is 0 Å². The molecule has 0 saturated carbocycles. The van der Waals surface area contributed by atoms with Crippen molar-refractivity contribution in [2.24, 2.45) is 5.41 Å². The zero-order valence-corrected chi connectivity index (χ0v) is 13.3. The third-order valence-electron chi connectivity index (χ3n) is 4.63. The lowest BCUT2D eigenvalue weighted by atomic mass is 9.79. The molecule has 7 heteroatoms. The number of hydrogen-bond donors (Lipinski definition) is 0. The van der Waals surface area contributed by atoms with Gasteiger partial charge in [-0.3, -0.25) is 14.6 Å². The number of likely N-dealkylation sites (tertiary alicyclic amines) is 2. The van der Waals surface area contributed by atoms with E-state index >= 15 is 0 Å². The third-order valence-corrected chi connectivity index (χ3v) is 5.21. The van der Waals surface area contributed by atoms with Crippen molar-refractivity contribution in [2.75, 3.05) is 26.2 Å². The second-order valence-corrected chi connectivity index (χ2v) is 6.97. The van der Waals surface area contributed by atoms with E-state index in [2.05, 4.69) is 9.97 Å². The summed E-state index contributed by atoms with van der Waals surface area (Å²) in [6, 6.07) is 3.56. The van der Waals surface area contributed by atoms with Crippen molar-refractivity contribution in [3.05, 3.63) is 46.7 Å². The Bertz CT molecular complexity index is 726. The van der Waals surface area contributed by atoms with Crippen LogP contribution < -0.4 is 0 Å². The maximum Gasteiger partial charge on any atom is 0.273 e. The van der Waals surface area contributed by atoms with Gasteiger partial charge in [-0.05, 0) is 18.6 Å². The molecule has 23 heavy (non-hydrogen) atoms. The highest BCUT2D eigenvalue weighted by Gasteiger charge is 2.50. The minimum absolute atomic E-state index is 0.000149. The molecule has 0 radical (unpaired) electrons. The molecule has 2 aliphatic rings. The fraction of sp³-hybridized carbons (Fsp3) is 0.375. The molecule has 2 aromatic rings. The SMILES string of the molecule is O=C(c1cccnc1)N1CC2(CCN(C(=O)c3cscn3)C2)C1. The van der Waals surface area contributed by atoms with Crippen molar-refractivity contribution in [3.8, 4) is 0 Å². The number of thiazole rings is 1. The molecule has 2 aromatic heterocycles. The van der Waals surface area contributed by atoms with Crippen LogP contribution >= 0.6 is 11.3 Å². The summed E-state index contributed by atoms with van der Waals surface area (Å²) in [7, 11) is 0. The topological polar surface area (TPSA) is 66.4 Å². The van der Waals surface area contributed by atoms with Gasteiger partial charge in [-0.25, -0.2) is 4.98 Å². The molecule has 2 amide bonds. The lowest BCUT2D eigenvalue weighted by Gasteiger charge is -2.47. The Morgan fingerprint density at radius 1 is 1.17 bits per heavy atom. The first-order valence-electron chi connectivity index (χ1n) is 7.54. The van der Waals surface area contributed by atoms with Crippen molar-refractivity contribution < 1.29 is 9.59 Å². The number of amides is 2. The van der Waals surface area contributed by atoms with Gasteiger partial charge >= 0.3 is 0 Å². The Morgan fingerprint density at radius 2 is 2.00 bits per heavy atom. The van der Waals surface area contributed by atoms with E-state index in [0.29, 0.717) is 30.9 Å². The van der Waals surface area contributed by atoms with Crippen LogP contribution in [-0.4, -0.2) is 57.8 Å². The number of rotatable bonds is 2. The molecule has 118 valence electrons. The molecule has 6 nitrogen and oxygen atoms in total. The molecular formula is C16H16N4O2S. The Kier molecular flexibility index (Phi) is 3.37. The normalized spacial score (nSPS) is 19.0. The Balaban J connectivity index is 1.38. The summed E-state index contributed by atoms with van der Waals surface area (Å²) in [5.74, 6) is 0.0214. The Morgan fingerprint density at radius 3 is 2.70 bits per heavy atom. The maximum atomic E-state index is 12.4. The van der Waals surface area contributed by atoms with E-state index in [9.17, 15) is 9.59 Å². The predicted octanol–water partition coefficient (Wildman–Crippen LogP) is 1.53. The second-order valence-electron chi connectivity index (χ2n) is 6.25. The van der Waals surface area contributed by atoms with Crippen LogP contribution in [0.25, 0.3) is 0 Å². The standard InChI is InChI=1S/C16H16N4O2S/c21-14(12-2-1-4-17-6-12)20-9-16(10-20)3-5-19(8-16)15(22)13-7-23-11-18-13/h1-2,4,6-7,11H,3,5,8-10H2. The van der Waals surface area contributed by atoms with Gasteiger partial charge < -0.3 is 9.80 Å². The fourth-order valence-corrected chi connectivity index (χ4v) is 3.95. The molecule has 0 unspecified atom stereocenters. The van der Waals surface area contributed by atoms with Crippen molar-refractivity contribution in [2.45, 2.75) is 6.42 Å². The highest BCUT2D eigenvalue weighted by Crippen LogP contribution is 2.40. The minimum atomic E-state index is 0.000149. The van der Waals surface area contributed by atoms with Gasteiger partial charge in [0, 0.05) is 49.4 Å². The first kappa shape index (κ1) is 14.3. The molecule has 0 N–H and O–H groups in total. The summed E-state index contributed by atoms with van der Waals surface area (Å²) in [6.07, 6.45) is 4.20. The summed E-state index contributed by atoms with van der Waals surface area (Å²) in [4.78, 5) is 36.5. The van der Waals surface area contributed by atoms with E-state index in [1.54, 1.807) is 35.4 Å². The molecule has 2 aliphatic heterocycles. The lowest BCUT2D eigenvalue weighted by molar-refractivity contribution is 0.0109. The molecular weight excluding hydrogens is 312 g/mol. The van der Waals surface area contributed by atoms with Crippen LogP contribution in [0, 0.1) is 5.41 Å². The highest BCUT2D eigenvalue weighted by atomic mass is 32.1. The van der Waals surface area contributed by atoms with Gasteiger partial charge in [0.1, 0.15) is 5.69 Å². The highest BCUT2D eigenvalue weighted by molar-refractivity contribution is 7.07. The summed E-state index contributed by atoms with van der Waals surface area (Å²) >= 11 is 1.43. The molecule has 0 aliphatic carbocycles. The molecule has 2 saturated heterocycles. The average Bonchev–Trinajstić information content (AvgIpc) is 3.22. The molecule has 0 bridgehead atoms. The summed E-state index contributed by atoms with van der Waals surface area (Å²) < 4.78 is 0. The summed E-state index contributed by atoms with van der Waals surface area (Å²) in [5.41, 5.74) is 2.88. The first-order valence-corrected chi connectivity index (χ1v) is 8.48. The van der Waals surface area contributed by atoms with E-state index in [-0.39, 0.29) is 17.2 Å². The monoisotopic (exact) mass is 328 g/mol. The van der Waals surface area contributed by atoms with Crippen molar-refractivity contribution in [1.82, 2.24) is 19.8 Å². The van der Waals surface area contributed by atoms with E-state index in [1.165, 1.54) is 11.3 Å². The van der Waals surface area contributed by atoms with Gasteiger partial charge in [-0.1, -0.05) is 0 Å². The van der Waals surface area contributed by atoms with Crippen LogP contribution in [0.4, 0.5) is 0 Å². The smallest absolute Gasteiger partial charge is 0.273 e. The predicted molar refractivity (Wildman–Crippen MR) is 85.2 cm³/mol. The molecule has 1 spiro atoms. The van der Waals surface area contributed by atoms with Crippen molar-refractivity contribution >= 4 is 23.2 Å². The molecule has 0 atom stereocenters. The number of nitrogens with zero attached hydrogens (tertiary/aromatic N) is 4. The van der Waals surface area contributed by atoms with Crippen LogP contribution in [0.2, 0.25) is 0 Å². The molecule has 4 rings (SSSR count). The Labute approximate surface area is 137 Å². The zero-order valence-electron chi connectivity index (χ0n) is 12.5. The lowest BCUT2D eigenvalue weighted by Crippen LogP contribution is -2.59. The van der Waals surface area contributed by atoms with Gasteiger partial charge in [0.2, 0.25) is 0 Å². The number of carbonyl (C=O) groups is 2. The quantitative estimate of drug-likeness (QED) is 0.838. The molecule has 2 fully saturated rings. The zero-order chi connectivity index (χ0) is 15.9. The second kappa shape index (κ2) is 5.42. The van der Waals surface area contributed by atoms with Crippen LogP contribution in [0.3, 0.4) is 0 Å². The van der Waals surface area contributed by atoms with Crippen LogP contribution in [-0.2, 0) is 0 Å². The molecule has 4 heterocycles. The largest absolute Gasteiger partial charge is 0.337 e. The number of carbonyl (C=O) groups excluding carboxylic acids is 2. The number of hydrogen-bond acceptors (Lipinski definition) is 5. The minimum Gasteiger partial charge on any atom is -0.337 e. The van der Waals surface area contributed by atoms with Gasteiger partial charge in [0.05, 0.1) is 11.1 Å². The van der Waals surface area contributed by atoms with Crippen LogP contribution in [0.5, 0.6) is 0 Å². The maximum absolute atomic E-state index is 12.4. The summed E-state index contributed by atoms with van der Waals surface area (Å²) in [5, 5.41) is 1.78. The van der Waals surface area contributed by atoms with E-state index in [4.69, 9.17) is 0 Å². The number of pyridine rings is 1. The fourth-order valence-electron chi connectivity index (χ4n) is 3.43. The number of aromatic nitrogens is 2. The van der Waals surface area contributed by atoms with Crippen molar-refractivity contribution in [3.63, 3.8) is 0 Å². The van der Waals surface area contributed by atoms with Crippen LogP contribution in [0.1, 0.15) is 27.3 Å². The van der Waals surface area contributed by atoms with Crippen molar-refractivity contribution in [1.29, 1.82) is 0 Å². The van der Waals surface area contributed by atoms with Gasteiger partial charge in [-0.2, -0.15) is 0 Å². The summed E-state index contributed by atoms with van der Waals surface area (Å²) in [6.45, 7) is 2.87. The Hall–Kier alpha value is -2.28. The third kappa shape index (κ3) is 2.50. The van der Waals surface area contributed by atoms with Gasteiger partial charge in [0.15, 0.2) is 0 Å². The first-order chi connectivity index (χ1) is 11.2.